The van der Waals surface area contributed by atoms with Crippen LogP contribution in [0.3, 0.4) is 0 Å². The van der Waals surface area contributed by atoms with Crippen molar-refractivity contribution in [1.82, 2.24) is 9.97 Å². The van der Waals surface area contributed by atoms with Gasteiger partial charge in [0.1, 0.15) is 17.0 Å². The van der Waals surface area contributed by atoms with Crippen LogP contribution in [0.2, 0.25) is 0 Å². The van der Waals surface area contributed by atoms with Gasteiger partial charge in [-0.25, -0.2) is 4.98 Å². The minimum absolute atomic E-state index is 0.491. The molecular formula is C55H72N2O2. The van der Waals surface area contributed by atoms with E-state index in [0.717, 1.165) is 53.1 Å². The number of nitrogens with zero attached hydrogens (tertiary/aromatic N) is 2. The number of fused-ring (bicyclic) bond motifs is 4. The summed E-state index contributed by atoms with van der Waals surface area (Å²) in [5.41, 5.74) is 15.7. The van der Waals surface area contributed by atoms with Gasteiger partial charge in [-0.2, -0.15) is 0 Å². The highest BCUT2D eigenvalue weighted by atomic mass is 16.5. The van der Waals surface area contributed by atoms with Crippen LogP contribution in [-0.2, 0) is 6.42 Å². The van der Waals surface area contributed by atoms with Crippen molar-refractivity contribution in [1.29, 1.82) is 0 Å². The van der Waals surface area contributed by atoms with Crippen LogP contribution in [0.25, 0.3) is 21.8 Å². The lowest BCUT2D eigenvalue weighted by molar-refractivity contribution is 0.247. The molecule has 4 aromatic carbocycles. The first-order chi connectivity index (χ1) is 28.1. The van der Waals surface area contributed by atoms with Crippen LogP contribution in [0.1, 0.15) is 154 Å². The Morgan fingerprint density at radius 1 is 0.627 bits per heavy atom. The highest BCUT2D eigenvalue weighted by Gasteiger charge is 2.24. The van der Waals surface area contributed by atoms with E-state index in [-0.39, 0.29) is 0 Å². The van der Waals surface area contributed by atoms with Gasteiger partial charge in [-0.1, -0.05) is 109 Å². The van der Waals surface area contributed by atoms with Gasteiger partial charge in [-0.3, -0.25) is 4.98 Å². The zero-order valence-corrected chi connectivity index (χ0v) is 38.8. The second kappa shape index (κ2) is 20.5. The molecule has 2 unspecified atom stereocenters. The van der Waals surface area contributed by atoms with E-state index in [0.29, 0.717) is 23.7 Å². The maximum atomic E-state index is 5.66. The van der Waals surface area contributed by atoms with Crippen molar-refractivity contribution >= 4 is 21.8 Å². The maximum absolute atomic E-state index is 5.66. The van der Waals surface area contributed by atoms with Gasteiger partial charge in [0.05, 0.1) is 19.2 Å². The fraction of sp³-hybridized carbons (Fsp3) is 0.455. The molecule has 8 rings (SSSR count). The lowest BCUT2D eigenvalue weighted by Crippen LogP contribution is -2.18. The molecule has 4 heteroatoms. The summed E-state index contributed by atoms with van der Waals surface area (Å²) in [7, 11) is 1.70. The Balaban J connectivity index is 0.000000150. The van der Waals surface area contributed by atoms with Gasteiger partial charge in [-0.05, 0) is 171 Å². The fourth-order valence-corrected chi connectivity index (χ4v) is 8.89. The molecule has 3 heterocycles. The first-order valence-electron chi connectivity index (χ1n) is 22.2. The summed E-state index contributed by atoms with van der Waals surface area (Å²) in [5, 5.41) is 2.50. The number of benzene rings is 4. The van der Waals surface area contributed by atoms with Gasteiger partial charge < -0.3 is 9.47 Å². The highest BCUT2D eigenvalue weighted by Crippen LogP contribution is 2.39. The van der Waals surface area contributed by atoms with Crippen LogP contribution < -0.4 is 9.47 Å². The van der Waals surface area contributed by atoms with Gasteiger partial charge in [-0.15, -0.1) is 0 Å². The zero-order chi connectivity index (χ0) is 43.0. The van der Waals surface area contributed by atoms with Crippen molar-refractivity contribution in [3.8, 4) is 11.5 Å². The van der Waals surface area contributed by atoms with Gasteiger partial charge >= 0.3 is 0 Å². The van der Waals surface area contributed by atoms with E-state index in [1.807, 2.05) is 19.2 Å². The number of aromatic nitrogens is 2. The standard InChI is InChI=1S/C15H19NO.C14H20.C13H15N.C13H18O/c1-9(2)12-8-11(4)16-15-13(12)6-10(3)7-14(15)17-5;1-10(2)13-6-4-5-12-8-7-11(3)9-14(12)13;1-9(2)11-5-4-6-13-12(11)7-10(3)8-14-13;1-9(2)11-6-7-14-13-5-4-10(3)8-12(11)13/h6-9H,1-5H3;7-10,13H,4-6H2,1-3H3;4-9H,1-3H3;4-5,8-9,11H,6-7H2,1-3H3. The minimum atomic E-state index is 0.491. The fourth-order valence-electron chi connectivity index (χ4n) is 8.89. The highest BCUT2D eigenvalue weighted by molar-refractivity contribution is 5.89. The Morgan fingerprint density at radius 3 is 1.93 bits per heavy atom. The molecule has 0 radical (unpaired) electrons. The normalized spacial score (nSPS) is 15.7. The van der Waals surface area contributed by atoms with E-state index < -0.39 is 0 Å². The van der Waals surface area contributed by atoms with Crippen molar-refractivity contribution in [2.45, 2.75) is 139 Å². The quantitative estimate of drug-likeness (QED) is 0.174. The summed E-state index contributed by atoms with van der Waals surface area (Å²) in [6.07, 6.45) is 7.13. The van der Waals surface area contributed by atoms with Crippen molar-refractivity contribution in [2.24, 2.45) is 11.8 Å². The number of rotatable bonds is 5. The molecule has 0 fully saturated rings. The molecule has 0 bridgehead atoms. The topological polar surface area (TPSA) is 44.2 Å². The second-order valence-electron chi connectivity index (χ2n) is 18.4. The SMILES string of the molecule is COc1cc(C)cc2c(C(C)C)cc(C)nc12.Cc1ccc2c(c1)C(C(C)C)CCC2.Cc1ccc2c(c1)C(C(C)C)CCO2.Cc1cnc2cccc(C(C)C)c2c1. The average molecular weight is 793 g/mol. The maximum Gasteiger partial charge on any atom is 0.145 e. The molecule has 1 aliphatic heterocycles. The van der Waals surface area contributed by atoms with E-state index in [1.165, 1.54) is 69.0 Å². The number of methoxy groups -OCH3 is 1. The predicted molar refractivity (Wildman–Crippen MR) is 253 cm³/mol. The average Bonchev–Trinajstić information content (AvgIpc) is 3.20. The molecule has 1 aliphatic carbocycles. The lowest BCUT2D eigenvalue weighted by Gasteiger charge is -2.28. The molecule has 0 saturated heterocycles. The largest absolute Gasteiger partial charge is 0.494 e. The Labute approximate surface area is 357 Å². The Morgan fingerprint density at radius 2 is 1.27 bits per heavy atom. The third kappa shape index (κ3) is 11.5. The Kier molecular flexibility index (Phi) is 15.8. The lowest BCUT2D eigenvalue weighted by atomic mass is 9.76. The van der Waals surface area contributed by atoms with Crippen LogP contribution in [-0.4, -0.2) is 23.7 Å². The van der Waals surface area contributed by atoms with E-state index in [1.54, 1.807) is 18.2 Å². The van der Waals surface area contributed by atoms with Gasteiger partial charge in [0, 0.05) is 22.7 Å². The Bertz CT molecular complexity index is 2250. The van der Waals surface area contributed by atoms with Crippen molar-refractivity contribution in [3.63, 3.8) is 0 Å². The van der Waals surface area contributed by atoms with Gasteiger partial charge in [0.25, 0.3) is 0 Å². The van der Waals surface area contributed by atoms with Crippen LogP contribution in [0.15, 0.2) is 85.1 Å². The molecule has 6 aromatic rings. The molecule has 0 saturated carbocycles. The molecular weight excluding hydrogens is 721 g/mol. The van der Waals surface area contributed by atoms with E-state index in [4.69, 9.17) is 9.47 Å². The summed E-state index contributed by atoms with van der Waals surface area (Å²) >= 11 is 0. The number of pyridine rings is 2. The molecule has 0 N–H and O–H groups in total. The molecule has 4 nitrogen and oxygen atoms in total. The predicted octanol–water partition coefficient (Wildman–Crippen LogP) is 15.2. The van der Waals surface area contributed by atoms with E-state index in [9.17, 15) is 0 Å². The van der Waals surface area contributed by atoms with E-state index in [2.05, 4.69) is 166 Å². The summed E-state index contributed by atoms with van der Waals surface area (Å²) < 4.78 is 11.1. The summed E-state index contributed by atoms with van der Waals surface area (Å²) in [4.78, 5) is 9.03. The number of hydrogen-bond donors (Lipinski definition) is 0. The first-order valence-corrected chi connectivity index (χ1v) is 22.2. The van der Waals surface area contributed by atoms with Crippen LogP contribution in [0.5, 0.6) is 11.5 Å². The van der Waals surface area contributed by atoms with Crippen molar-refractivity contribution < 1.29 is 9.47 Å². The summed E-state index contributed by atoms with van der Waals surface area (Å²) in [6, 6.07) is 28.5. The van der Waals surface area contributed by atoms with Crippen LogP contribution in [0.4, 0.5) is 0 Å². The third-order valence-corrected chi connectivity index (χ3v) is 12.1. The zero-order valence-electron chi connectivity index (χ0n) is 38.8. The van der Waals surface area contributed by atoms with Gasteiger partial charge in [0.15, 0.2) is 0 Å². The Hall–Kier alpha value is -4.70. The van der Waals surface area contributed by atoms with Crippen molar-refractivity contribution in [2.75, 3.05) is 13.7 Å². The number of hydrogen-bond acceptors (Lipinski definition) is 4. The number of aryl methyl sites for hydroxylation is 6. The van der Waals surface area contributed by atoms with Gasteiger partial charge in [0.2, 0.25) is 0 Å². The molecule has 59 heavy (non-hydrogen) atoms. The summed E-state index contributed by atoms with van der Waals surface area (Å²) in [5.74, 6) is 5.99. The van der Waals surface area contributed by atoms with Crippen LogP contribution in [0, 0.1) is 46.5 Å². The minimum Gasteiger partial charge on any atom is -0.494 e. The third-order valence-electron chi connectivity index (χ3n) is 12.1. The smallest absolute Gasteiger partial charge is 0.145 e. The second-order valence-corrected chi connectivity index (χ2v) is 18.4. The monoisotopic (exact) mass is 793 g/mol. The molecule has 2 aromatic heterocycles. The van der Waals surface area contributed by atoms with E-state index >= 15 is 0 Å². The molecule has 0 amide bonds. The first kappa shape index (κ1) is 45.4. The molecule has 0 spiro atoms. The molecule has 2 aliphatic rings. The molecule has 314 valence electrons. The molecule has 2 atom stereocenters. The van der Waals surface area contributed by atoms with Crippen molar-refractivity contribution in [3.05, 3.63) is 141 Å². The van der Waals surface area contributed by atoms with Crippen LogP contribution >= 0.6 is 0 Å². The summed E-state index contributed by atoms with van der Waals surface area (Å²) in [6.45, 7) is 29.6. The number of ether oxygens (including phenoxy) is 2.